The van der Waals surface area contributed by atoms with Crippen LogP contribution in [0.1, 0.15) is 10.6 Å². The molecule has 0 spiro atoms. The summed E-state index contributed by atoms with van der Waals surface area (Å²) in [5.74, 6) is -1.53. The molecule has 64 valence electrons. The molecule has 5 heteroatoms. The van der Waals surface area contributed by atoms with Crippen LogP contribution in [-0.2, 0) is 4.74 Å². The van der Waals surface area contributed by atoms with Crippen molar-refractivity contribution in [2.45, 2.75) is 0 Å². The first-order chi connectivity index (χ1) is 5.65. The van der Waals surface area contributed by atoms with Gasteiger partial charge in [0.2, 0.25) is 11.2 Å². The van der Waals surface area contributed by atoms with Crippen molar-refractivity contribution in [3.63, 3.8) is 0 Å². The van der Waals surface area contributed by atoms with Crippen LogP contribution in [0.15, 0.2) is 21.5 Å². The standard InChI is InChI=1S/C7H6O5/c1-11-7(10)6-2-4(8)5(9)3-12-6/h2-3,9H,1H3. The van der Waals surface area contributed by atoms with Crippen molar-refractivity contribution < 1.29 is 19.1 Å². The molecule has 0 aliphatic rings. The van der Waals surface area contributed by atoms with Crippen molar-refractivity contribution in [1.29, 1.82) is 0 Å². The average molecular weight is 170 g/mol. The topological polar surface area (TPSA) is 76.7 Å². The Morgan fingerprint density at radius 3 is 2.83 bits per heavy atom. The molecule has 0 amide bonds. The molecule has 0 saturated heterocycles. The number of carbonyl (C=O) groups is 1. The van der Waals surface area contributed by atoms with Crippen LogP contribution in [0.2, 0.25) is 0 Å². The van der Waals surface area contributed by atoms with Crippen molar-refractivity contribution in [3.8, 4) is 5.75 Å². The van der Waals surface area contributed by atoms with E-state index in [9.17, 15) is 9.59 Å². The molecule has 0 bridgehead atoms. The number of aromatic hydroxyl groups is 1. The molecule has 0 fully saturated rings. The summed E-state index contributed by atoms with van der Waals surface area (Å²) in [5.41, 5.74) is -0.679. The van der Waals surface area contributed by atoms with Crippen LogP contribution in [0, 0.1) is 0 Å². The van der Waals surface area contributed by atoms with Gasteiger partial charge in [0.25, 0.3) is 0 Å². The Labute approximate surface area is 67.2 Å². The molecule has 1 aromatic heterocycles. The zero-order chi connectivity index (χ0) is 9.14. The van der Waals surface area contributed by atoms with Crippen LogP contribution >= 0.6 is 0 Å². The molecule has 0 atom stereocenters. The van der Waals surface area contributed by atoms with E-state index in [1.165, 1.54) is 0 Å². The predicted molar refractivity (Wildman–Crippen MR) is 38.0 cm³/mol. The fraction of sp³-hybridized carbons (Fsp3) is 0.143. The lowest BCUT2D eigenvalue weighted by Crippen LogP contribution is -2.06. The Bertz CT molecular complexity index is 351. The van der Waals surface area contributed by atoms with Gasteiger partial charge in [0.1, 0.15) is 6.26 Å². The van der Waals surface area contributed by atoms with Gasteiger partial charge in [0, 0.05) is 6.07 Å². The number of carbonyl (C=O) groups excluding carboxylic acids is 1. The van der Waals surface area contributed by atoms with Gasteiger partial charge in [0.05, 0.1) is 7.11 Å². The van der Waals surface area contributed by atoms with Gasteiger partial charge in [-0.3, -0.25) is 4.79 Å². The highest BCUT2D eigenvalue weighted by molar-refractivity contribution is 5.85. The maximum atomic E-state index is 10.7. The molecule has 12 heavy (non-hydrogen) atoms. The van der Waals surface area contributed by atoms with Gasteiger partial charge in [-0.2, -0.15) is 0 Å². The molecule has 0 saturated carbocycles. The molecule has 0 aliphatic carbocycles. The van der Waals surface area contributed by atoms with E-state index < -0.39 is 17.1 Å². The lowest BCUT2D eigenvalue weighted by molar-refractivity contribution is 0.0561. The third-order valence-corrected chi connectivity index (χ3v) is 1.20. The minimum atomic E-state index is -0.757. The second-order valence-electron chi connectivity index (χ2n) is 1.99. The lowest BCUT2D eigenvalue weighted by atomic mass is 10.4. The van der Waals surface area contributed by atoms with Gasteiger partial charge in [-0.05, 0) is 0 Å². The van der Waals surface area contributed by atoms with Gasteiger partial charge in [-0.1, -0.05) is 0 Å². The second kappa shape index (κ2) is 3.08. The van der Waals surface area contributed by atoms with Crippen molar-refractivity contribution in [3.05, 3.63) is 28.3 Å². The largest absolute Gasteiger partial charge is 0.502 e. The fourth-order valence-electron chi connectivity index (χ4n) is 0.612. The van der Waals surface area contributed by atoms with Crippen LogP contribution < -0.4 is 5.43 Å². The number of ether oxygens (including phenoxy) is 1. The third kappa shape index (κ3) is 1.45. The monoisotopic (exact) mass is 170 g/mol. The molecule has 0 unspecified atom stereocenters. The third-order valence-electron chi connectivity index (χ3n) is 1.20. The summed E-state index contributed by atoms with van der Waals surface area (Å²) < 4.78 is 8.84. The smallest absolute Gasteiger partial charge is 0.374 e. The SMILES string of the molecule is COC(=O)c1cc(=O)c(O)co1. The van der Waals surface area contributed by atoms with Crippen LogP contribution in [0.5, 0.6) is 5.75 Å². The normalized spacial score (nSPS) is 9.42. The highest BCUT2D eigenvalue weighted by Gasteiger charge is 2.09. The summed E-state index contributed by atoms with van der Waals surface area (Å²) in [4.78, 5) is 21.5. The summed E-state index contributed by atoms with van der Waals surface area (Å²) in [6.45, 7) is 0. The molecule has 1 aromatic rings. The number of methoxy groups -OCH3 is 1. The predicted octanol–water partition coefficient (Wildman–Crippen LogP) is 0.132. The molecular weight excluding hydrogens is 164 g/mol. The maximum Gasteiger partial charge on any atom is 0.374 e. The molecule has 0 aromatic carbocycles. The van der Waals surface area contributed by atoms with Gasteiger partial charge in [-0.15, -0.1) is 0 Å². The van der Waals surface area contributed by atoms with Crippen molar-refractivity contribution in [2.75, 3.05) is 7.11 Å². The summed E-state index contributed by atoms with van der Waals surface area (Å²) in [5, 5.41) is 8.74. The highest BCUT2D eigenvalue weighted by atomic mass is 16.5. The minimum Gasteiger partial charge on any atom is -0.502 e. The zero-order valence-corrected chi connectivity index (χ0v) is 6.23. The number of hydrogen-bond donors (Lipinski definition) is 1. The van der Waals surface area contributed by atoms with Gasteiger partial charge in [-0.25, -0.2) is 4.79 Å². The molecular formula is C7H6O5. The molecule has 1 rings (SSSR count). The van der Waals surface area contributed by atoms with Crippen molar-refractivity contribution >= 4 is 5.97 Å². The van der Waals surface area contributed by atoms with Gasteiger partial charge in [0.15, 0.2) is 5.75 Å². The van der Waals surface area contributed by atoms with Crippen LogP contribution in [-0.4, -0.2) is 18.2 Å². The number of esters is 1. The first-order valence-corrected chi connectivity index (χ1v) is 3.05. The molecule has 1 heterocycles. The Kier molecular flexibility index (Phi) is 2.14. The van der Waals surface area contributed by atoms with Crippen molar-refractivity contribution in [1.82, 2.24) is 0 Å². The highest BCUT2D eigenvalue weighted by Crippen LogP contribution is 2.03. The quantitative estimate of drug-likeness (QED) is 0.606. The Morgan fingerprint density at radius 2 is 2.33 bits per heavy atom. The first kappa shape index (κ1) is 8.32. The summed E-state index contributed by atoms with van der Waals surface area (Å²) in [6, 6.07) is 0.862. The fourth-order valence-corrected chi connectivity index (χ4v) is 0.612. The van der Waals surface area contributed by atoms with E-state index in [-0.39, 0.29) is 5.76 Å². The summed E-state index contributed by atoms with van der Waals surface area (Å²) >= 11 is 0. The maximum absolute atomic E-state index is 10.7. The number of hydrogen-bond acceptors (Lipinski definition) is 5. The van der Waals surface area contributed by atoms with Crippen molar-refractivity contribution in [2.24, 2.45) is 0 Å². The van der Waals surface area contributed by atoms with E-state index >= 15 is 0 Å². The van der Waals surface area contributed by atoms with Crippen LogP contribution in [0.4, 0.5) is 0 Å². The lowest BCUT2D eigenvalue weighted by Gasteiger charge is -1.96. The van der Waals surface area contributed by atoms with E-state index in [1.807, 2.05) is 0 Å². The van der Waals surface area contributed by atoms with E-state index in [1.54, 1.807) is 0 Å². The van der Waals surface area contributed by atoms with Crippen LogP contribution in [0.3, 0.4) is 0 Å². The number of rotatable bonds is 1. The summed E-state index contributed by atoms with van der Waals surface area (Å²) in [6.07, 6.45) is 0.786. The van der Waals surface area contributed by atoms with Crippen LogP contribution in [0.25, 0.3) is 0 Å². The van der Waals surface area contributed by atoms with Gasteiger partial charge >= 0.3 is 5.97 Å². The van der Waals surface area contributed by atoms with E-state index in [0.29, 0.717) is 0 Å². The Hall–Kier alpha value is -1.78. The van der Waals surface area contributed by atoms with E-state index in [2.05, 4.69) is 9.15 Å². The second-order valence-corrected chi connectivity index (χ2v) is 1.99. The van der Waals surface area contributed by atoms with E-state index in [0.717, 1.165) is 19.4 Å². The minimum absolute atomic E-state index is 0.236. The first-order valence-electron chi connectivity index (χ1n) is 3.05. The zero-order valence-electron chi connectivity index (χ0n) is 6.23. The Balaban J connectivity index is 3.13. The molecule has 5 nitrogen and oxygen atoms in total. The summed E-state index contributed by atoms with van der Waals surface area (Å²) in [7, 11) is 1.16. The Morgan fingerprint density at radius 1 is 1.67 bits per heavy atom. The molecule has 0 aliphatic heterocycles. The molecule has 1 N–H and O–H groups in total. The van der Waals surface area contributed by atoms with E-state index in [4.69, 9.17) is 5.11 Å². The van der Waals surface area contributed by atoms with Gasteiger partial charge < -0.3 is 14.3 Å². The average Bonchev–Trinajstić information content (AvgIpc) is 2.08. The molecule has 0 radical (unpaired) electrons.